The van der Waals surface area contributed by atoms with Crippen molar-refractivity contribution in [3.63, 3.8) is 0 Å². The number of thiazole rings is 1. The van der Waals surface area contributed by atoms with Crippen molar-refractivity contribution in [1.82, 2.24) is 9.88 Å². The standard InChI is InChI=1S/C20H26N2O3S/c1-6-14(2)22(13-19(24)25-20(3,4)5)18(23)12-11-17-21-15-9-7-8-10-16(15)26-17/h7-12,14H,6,13H2,1-5H3/b12-11+. The summed E-state index contributed by atoms with van der Waals surface area (Å²) in [6, 6.07) is 7.78. The molecule has 0 aliphatic rings. The van der Waals surface area contributed by atoms with E-state index < -0.39 is 11.6 Å². The molecule has 0 radical (unpaired) electrons. The Hall–Kier alpha value is -2.21. The van der Waals surface area contributed by atoms with Gasteiger partial charge in [0.1, 0.15) is 17.2 Å². The van der Waals surface area contributed by atoms with Gasteiger partial charge in [-0.25, -0.2) is 4.98 Å². The predicted octanol–water partition coefficient (Wildman–Crippen LogP) is 4.28. The maximum absolute atomic E-state index is 12.6. The number of rotatable bonds is 6. The van der Waals surface area contributed by atoms with Crippen LogP contribution in [-0.4, -0.2) is 39.9 Å². The number of fused-ring (bicyclic) bond motifs is 1. The second-order valence-electron chi connectivity index (χ2n) is 7.16. The van der Waals surface area contributed by atoms with Gasteiger partial charge >= 0.3 is 5.97 Å². The summed E-state index contributed by atoms with van der Waals surface area (Å²) in [6.07, 6.45) is 3.94. The smallest absolute Gasteiger partial charge is 0.326 e. The molecule has 1 unspecified atom stereocenters. The van der Waals surface area contributed by atoms with E-state index in [1.807, 2.05) is 58.9 Å². The molecule has 0 fully saturated rings. The van der Waals surface area contributed by atoms with Crippen molar-refractivity contribution < 1.29 is 14.3 Å². The van der Waals surface area contributed by atoms with Gasteiger partial charge in [-0.2, -0.15) is 0 Å². The number of para-hydroxylation sites is 1. The van der Waals surface area contributed by atoms with Gasteiger partial charge in [-0.3, -0.25) is 9.59 Å². The van der Waals surface area contributed by atoms with E-state index in [1.54, 1.807) is 6.08 Å². The Morgan fingerprint density at radius 1 is 1.31 bits per heavy atom. The van der Waals surface area contributed by atoms with Crippen molar-refractivity contribution in [2.45, 2.75) is 52.7 Å². The molecule has 5 nitrogen and oxygen atoms in total. The van der Waals surface area contributed by atoms with Crippen molar-refractivity contribution in [2.75, 3.05) is 6.54 Å². The van der Waals surface area contributed by atoms with Crippen LogP contribution in [0.2, 0.25) is 0 Å². The van der Waals surface area contributed by atoms with E-state index in [0.717, 1.165) is 21.6 Å². The summed E-state index contributed by atoms with van der Waals surface area (Å²) >= 11 is 1.53. The second kappa shape index (κ2) is 8.45. The molecule has 0 bridgehead atoms. The number of esters is 1. The number of amides is 1. The maximum atomic E-state index is 12.6. The van der Waals surface area contributed by atoms with Crippen LogP contribution in [0.1, 0.15) is 46.0 Å². The van der Waals surface area contributed by atoms with E-state index in [2.05, 4.69) is 4.98 Å². The summed E-state index contributed by atoms with van der Waals surface area (Å²) in [5, 5.41) is 0.765. The Balaban J connectivity index is 2.11. The molecule has 1 aromatic carbocycles. The summed E-state index contributed by atoms with van der Waals surface area (Å²) in [4.78, 5) is 30.8. The molecule has 0 aliphatic heterocycles. The lowest BCUT2D eigenvalue weighted by Crippen LogP contribution is -2.42. The molecular weight excluding hydrogens is 348 g/mol. The quantitative estimate of drug-likeness (QED) is 0.559. The zero-order valence-corrected chi connectivity index (χ0v) is 16.8. The van der Waals surface area contributed by atoms with Crippen LogP contribution in [0.3, 0.4) is 0 Å². The summed E-state index contributed by atoms with van der Waals surface area (Å²) < 4.78 is 6.42. The molecule has 1 aromatic heterocycles. The Bertz CT molecular complexity index is 772. The first-order chi connectivity index (χ1) is 12.2. The fourth-order valence-corrected chi connectivity index (χ4v) is 3.25. The lowest BCUT2D eigenvalue weighted by atomic mass is 10.2. The van der Waals surface area contributed by atoms with Crippen molar-refractivity contribution in [2.24, 2.45) is 0 Å². The molecule has 1 atom stereocenters. The molecule has 0 saturated carbocycles. The van der Waals surface area contributed by atoms with Crippen molar-refractivity contribution in [3.8, 4) is 0 Å². The van der Waals surface area contributed by atoms with Crippen LogP contribution in [0.4, 0.5) is 0 Å². The largest absolute Gasteiger partial charge is 0.459 e. The molecule has 140 valence electrons. The van der Waals surface area contributed by atoms with E-state index in [0.29, 0.717) is 0 Å². The van der Waals surface area contributed by atoms with Gasteiger partial charge < -0.3 is 9.64 Å². The molecular formula is C20H26N2O3S. The number of aromatic nitrogens is 1. The van der Waals surface area contributed by atoms with Gasteiger partial charge in [0.05, 0.1) is 10.2 Å². The van der Waals surface area contributed by atoms with Crippen LogP contribution in [0.5, 0.6) is 0 Å². The number of ether oxygens (including phenoxy) is 1. The summed E-state index contributed by atoms with van der Waals surface area (Å²) in [6.45, 7) is 9.29. The highest BCUT2D eigenvalue weighted by Gasteiger charge is 2.24. The van der Waals surface area contributed by atoms with Crippen LogP contribution in [0, 0.1) is 0 Å². The average Bonchev–Trinajstić information content (AvgIpc) is 2.98. The SMILES string of the molecule is CCC(C)N(CC(=O)OC(C)(C)C)C(=O)/C=C/c1nc2ccccc2s1. The van der Waals surface area contributed by atoms with Gasteiger partial charge in [-0.05, 0) is 52.3 Å². The molecule has 6 heteroatoms. The zero-order chi connectivity index (χ0) is 19.3. The van der Waals surface area contributed by atoms with Gasteiger partial charge in [-0.15, -0.1) is 11.3 Å². The normalized spacial score (nSPS) is 13.1. The number of hydrogen-bond donors (Lipinski definition) is 0. The van der Waals surface area contributed by atoms with Gasteiger partial charge in [0.25, 0.3) is 0 Å². The van der Waals surface area contributed by atoms with E-state index in [1.165, 1.54) is 22.3 Å². The third kappa shape index (κ3) is 5.66. The molecule has 0 N–H and O–H groups in total. The van der Waals surface area contributed by atoms with Crippen molar-refractivity contribution >= 4 is 39.5 Å². The van der Waals surface area contributed by atoms with E-state index in [4.69, 9.17) is 4.74 Å². The average molecular weight is 375 g/mol. The fraction of sp³-hybridized carbons (Fsp3) is 0.450. The first-order valence-electron chi connectivity index (χ1n) is 8.75. The minimum absolute atomic E-state index is 0.0602. The molecule has 0 spiro atoms. The van der Waals surface area contributed by atoms with Crippen LogP contribution < -0.4 is 0 Å². The predicted molar refractivity (Wildman–Crippen MR) is 106 cm³/mol. The summed E-state index contributed by atoms with van der Waals surface area (Å²) in [7, 11) is 0. The highest BCUT2D eigenvalue weighted by molar-refractivity contribution is 7.19. The Kier molecular flexibility index (Phi) is 6.53. The molecule has 1 heterocycles. The Labute approximate surface area is 158 Å². The van der Waals surface area contributed by atoms with Gasteiger partial charge in [0.15, 0.2) is 0 Å². The van der Waals surface area contributed by atoms with E-state index in [9.17, 15) is 9.59 Å². The lowest BCUT2D eigenvalue weighted by Gasteiger charge is -2.28. The third-order valence-corrected chi connectivity index (χ3v) is 4.81. The minimum atomic E-state index is -0.571. The topological polar surface area (TPSA) is 59.5 Å². The highest BCUT2D eigenvalue weighted by atomic mass is 32.1. The maximum Gasteiger partial charge on any atom is 0.326 e. The van der Waals surface area contributed by atoms with Gasteiger partial charge in [0, 0.05) is 12.1 Å². The summed E-state index contributed by atoms with van der Waals surface area (Å²) in [5.74, 6) is -0.621. The first kappa shape index (κ1) is 20.1. The monoisotopic (exact) mass is 374 g/mol. The minimum Gasteiger partial charge on any atom is -0.459 e. The van der Waals surface area contributed by atoms with Crippen LogP contribution in [-0.2, 0) is 14.3 Å². The molecule has 0 aliphatic carbocycles. The highest BCUT2D eigenvalue weighted by Crippen LogP contribution is 2.22. The fourth-order valence-electron chi connectivity index (χ4n) is 2.38. The molecule has 2 rings (SSSR count). The number of hydrogen-bond acceptors (Lipinski definition) is 5. The van der Waals surface area contributed by atoms with E-state index >= 15 is 0 Å². The number of benzene rings is 1. The Morgan fingerprint density at radius 2 is 2.00 bits per heavy atom. The lowest BCUT2D eigenvalue weighted by molar-refractivity contribution is -0.159. The van der Waals surface area contributed by atoms with Crippen molar-refractivity contribution in [3.05, 3.63) is 35.3 Å². The summed E-state index contributed by atoms with van der Waals surface area (Å²) in [5.41, 5.74) is 0.343. The molecule has 1 amide bonds. The number of carbonyl (C=O) groups excluding carboxylic acids is 2. The Morgan fingerprint density at radius 3 is 2.62 bits per heavy atom. The molecule has 0 saturated heterocycles. The number of carbonyl (C=O) groups is 2. The molecule has 2 aromatic rings. The van der Waals surface area contributed by atoms with Crippen LogP contribution >= 0.6 is 11.3 Å². The van der Waals surface area contributed by atoms with Crippen LogP contribution in [0.15, 0.2) is 30.3 Å². The molecule has 26 heavy (non-hydrogen) atoms. The third-order valence-electron chi connectivity index (χ3n) is 3.80. The second-order valence-corrected chi connectivity index (χ2v) is 8.23. The van der Waals surface area contributed by atoms with Crippen LogP contribution in [0.25, 0.3) is 16.3 Å². The van der Waals surface area contributed by atoms with Crippen molar-refractivity contribution in [1.29, 1.82) is 0 Å². The van der Waals surface area contributed by atoms with E-state index in [-0.39, 0.29) is 18.5 Å². The first-order valence-corrected chi connectivity index (χ1v) is 9.57. The van der Waals surface area contributed by atoms with Gasteiger partial charge in [0.2, 0.25) is 5.91 Å². The zero-order valence-electron chi connectivity index (χ0n) is 16.0. The van der Waals surface area contributed by atoms with Gasteiger partial charge in [-0.1, -0.05) is 19.1 Å². The number of nitrogens with zero attached hydrogens (tertiary/aromatic N) is 2.